The molecule has 1 fully saturated rings. The molecule has 0 saturated carbocycles. The number of nitrogens with one attached hydrogen (secondary N) is 1. The molecular weight excluding hydrogens is 364 g/mol. The first-order valence-corrected chi connectivity index (χ1v) is 10.1. The Bertz CT molecular complexity index is 759. The first-order chi connectivity index (χ1) is 10.2. The molecule has 7 nitrogen and oxygen atoms in total. The van der Waals surface area contributed by atoms with E-state index in [1.807, 2.05) is 0 Å². The van der Waals surface area contributed by atoms with Crippen molar-refractivity contribution in [1.82, 2.24) is 9.62 Å². The zero-order valence-electron chi connectivity index (χ0n) is 13.1. The minimum absolute atomic E-state index is 0. The summed E-state index contributed by atoms with van der Waals surface area (Å²) < 4.78 is 55.3. The maximum Gasteiger partial charge on any atom is 0.246 e. The molecule has 0 amide bonds. The number of benzene rings is 1. The number of sulfonamides is 1. The van der Waals surface area contributed by atoms with Crippen LogP contribution >= 0.6 is 12.4 Å². The van der Waals surface area contributed by atoms with Gasteiger partial charge in [-0.2, -0.15) is 4.31 Å². The van der Waals surface area contributed by atoms with Gasteiger partial charge < -0.3 is 10.1 Å². The van der Waals surface area contributed by atoms with E-state index in [1.54, 1.807) is 0 Å². The van der Waals surface area contributed by atoms with Gasteiger partial charge in [0.05, 0.1) is 12.0 Å². The van der Waals surface area contributed by atoms with Crippen molar-refractivity contribution in [1.29, 1.82) is 0 Å². The van der Waals surface area contributed by atoms with E-state index in [9.17, 15) is 16.8 Å². The third kappa shape index (κ3) is 4.16. The van der Waals surface area contributed by atoms with E-state index in [-0.39, 0.29) is 34.0 Å². The molecule has 1 aromatic carbocycles. The van der Waals surface area contributed by atoms with Gasteiger partial charge in [-0.3, -0.25) is 0 Å². The normalized spacial score (nSPS) is 18.7. The second-order valence-electron chi connectivity index (χ2n) is 5.25. The Kier molecular flexibility index (Phi) is 6.45. The molecule has 0 bridgehead atoms. The average Bonchev–Trinajstić information content (AvgIpc) is 2.98. The minimum atomic E-state index is -3.84. The van der Waals surface area contributed by atoms with Crippen LogP contribution in [0.25, 0.3) is 0 Å². The number of hydrogen-bond donors (Lipinski definition) is 1. The molecule has 1 N–H and O–H groups in total. The first-order valence-electron chi connectivity index (χ1n) is 6.75. The smallest absolute Gasteiger partial charge is 0.246 e. The van der Waals surface area contributed by atoms with Crippen molar-refractivity contribution in [2.75, 3.05) is 33.5 Å². The number of halogens is 1. The SMILES string of the molecule is COc1ccc(S(C)(=O)=O)cc1S(=O)(=O)N(C)C1CCNC1.Cl. The Morgan fingerprint density at radius 2 is 1.91 bits per heavy atom. The molecule has 23 heavy (non-hydrogen) atoms. The van der Waals surface area contributed by atoms with Crippen LogP contribution in [0.5, 0.6) is 5.75 Å². The van der Waals surface area contributed by atoms with Crippen molar-refractivity contribution < 1.29 is 21.6 Å². The Morgan fingerprint density at radius 1 is 1.26 bits per heavy atom. The number of rotatable bonds is 5. The largest absolute Gasteiger partial charge is 0.495 e. The zero-order chi connectivity index (χ0) is 16.5. The van der Waals surface area contributed by atoms with Gasteiger partial charge in [0.15, 0.2) is 9.84 Å². The summed E-state index contributed by atoms with van der Waals surface area (Å²) in [5, 5.41) is 3.11. The van der Waals surface area contributed by atoms with Gasteiger partial charge in [0.2, 0.25) is 10.0 Å². The summed E-state index contributed by atoms with van der Waals surface area (Å²) in [7, 11) is -4.50. The minimum Gasteiger partial charge on any atom is -0.495 e. The monoisotopic (exact) mass is 384 g/mol. The van der Waals surface area contributed by atoms with Crippen molar-refractivity contribution in [2.45, 2.75) is 22.3 Å². The van der Waals surface area contributed by atoms with Crippen LogP contribution in [-0.2, 0) is 19.9 Å². The van der Waals surface area contributed by atoms with E-state index in [1.165, 1.54) is 30.6 Å². The number of hydrogen-bond acceptors (Lipinski definition) is 6. The predicted molar refractivity (Wildman–Crippen MR) is 89.6 cm³/mol. The van der Waals surface area contributed by atoms with Crippen molar-refractivity contribution in [3.05, 3.63) is 18.2 Å². The summed E-state index contributed by atoms with van der Waals surface area (Å²) in [6.07, 6.45) is 1.75. The van der Waals surface area contributed by atoms with Crippen LogP contribution < -0.4 is 10.1 Å². The number of ether oxygens (including phenoxy) is 1. The van der Waals surface area contributed by atoms with Crippen molar-refractivity contribution in [3.8, 4) is 5.75 Å². The maximum absolute atomic E-state index is 12.8. The van der Waals surface area contributed by atoms with Gasteiger partial charge in [-0.1, -0.05) is 0 Å². The molecule has 132 valence electrons. The number of likely N-dealkylation sites (N-methyl/N-ethyl adjacent to an activating group) is 1. The number of sulfone groups is 1. The zero-order valence-corrected chi connectivity index (χ0v) is 15.6. The van der Waals surface area contributed by atoms with E-state index in [4.69, 9.17) is 4.74 Å². The lowest BCUT2D eigenvalue weighted by Crippen LogP contribution is -2.38. The molecule has 1 aromatic rings. The van der Waals surface area contributed by atoms with Gasteiger partial charge in [-0.05, 0) is 31.2 Å². The molecule has 1 aliphatic heterocycles. The van der Waals surface area contributed by atoms with Crippen LogP contribution in [0, 0.1) is 0 Å². The summed E-state index contributed by atoms with van der Waals surface area (Å²) in [5.41, 5.74) is 0. The molecule has 0 spiro atoms. The highest BCUT2D eigenvalue weighted by molar-refractivity contribution is 7.91. The summed E-state index contributed by atoms with van der Waals surface area (Å²) in [6.45, 7) is 1.33. The Labute approximate surface area is 143 Å². The number of nitrogens with zero attached hydrogens (tertiary/aromatic N) is 1. The third-order valence-corrected chi connectivity index (χ3v) is 6.81. The van der Waals surface area contributed by atoms with Crippen LogP contribution in [0.15, 0.2) is 28.0 Å². The van der Waals surface area contributed by atoms with E-state index in [0.29, 0.717) is 13.0 Å². The Morgan fingerprint density at radius 3 is 2.39 bits per heavy atom. The molecule has 1 heterocycles. The maximum atomic E-state index is 12.8. The lowest BCUT2D eigenvalue weighted by molar-refractivity contribution is 0.375. The van der Waals surface area contributed by atoms with E-state index >= 15 is 0 Å². The molecule has 1 unspecified atom stereocenters. The summed E-state index contributed by atoms with van der Waals surface area (Å²) in [4.78, 5) is -0.183. The standard InChI is InChI=1S/C13H20N2O5S2.ClH/c1-15(10-6-7-14-9-10)22(18,19)13-8-11(21(3,16)17)4-5-12(13)20-2;/h4-5,8,10,14H,6-7,9H2,1-3H3;1H. The fraction of sp³-hybridized carbons (Fsp3) is 0.538. The van der Waals surface area contributed by atoms with Crippen molar-refractivity contribution >= 4 is 32.3 Å². The fourth-order valence-corrected chi connectivity index (χ4v) is 4.68. The third-order valence-electron chi connectivity index (χ3n) is 3.77. The van der Waals surface area contributed by atoms with Gasteiger partial charge in [-0.15, -0.1) is 12.4 Å². The second kappa shape index (κ2) is 7.35. The van der Waals surface area contributed by atoms with Gasteiger partial charge in [0.1, 0.15) is 10.6 Å². The van der Waals surface area contributed by atoms with E-state index in [2.05, 4.69) is 5.32 Å². The Hall–Kier alpha value is -0.870. The number of methoxy groups -OCH3 is 1. The van der Waals surface area contributed by atoms with Crippen molar-refractivity contribution in [2.24, 2.45) is 0 Å². The molecule has 1 saturated heterocycles. The summed E-state index contributed by atoms with van der Waals surface area (Å²) in [6, 6.07) is 3.70. The molecule has 0 aliphatic carbocycles. The predicted octanol–water partition coefficient (Wildman–Crippen LogP) is 0.503. The highest BCUT2D eigenvalue weighted by Crippen LogP contribution is 2.30. The second-order valence-corrected chi connectivity index (χ2v) is 9.23. The highest BCUT2D eigenvalue weighted by atomic mass is 35.5. The molecule has 10 heteroatoms. The van der Waals surface area contributed by atoms with Gasteiger partial charge in [0, 0.05) is 25.9 Å². The van der Waals surface area contributed by atoms with Gasteiger partial charge in [0.25, 0.3) is 0 Å². The molecule has 2 rings (SSSR count). The topological polar surface area (TPSA) is 92.8 Å². The van der Waals surface area contributed by atoms with Crippen molar-refractivity contribution in [3.63, 3.8) is 0 Å². The lowest BCUT2D eigenvalue weighted by atomic mass is 10.3. The highest BCUT2D eigenvalue weighted by Gasteiger charge is 2.32. The van der Waals surface area contributed by atoms with Crippen LogP contribution in [0.2, 0.25) is 0 Å². The van der Waals surface area contributed by atoms with Gasteiger partial charge in [-0.25, -0.2) is 16.8 Å². The molecule has 1 aliphatic rings. The van der Waals surface area contributed by atoms with Crippen LogP contribution in [0.3, 0.4) is 0 Å². The van der Waals surface area contributed by atoms with Crippen LogP contribution in [0.1, 0.15) is 6.42 Å². The van der Waals surface area contributed by atoms with E-state index < -0.39 is 19.9 Å². The van der Waals surface area contributed by atoms with Crippen LogP contribution in [0.4, 0.5) is 0 Å². The fourth-order valence-electron chi connectivity index (χ4n) is 2.39. The Balaban J connectivity index is 0.00000264. The van der Waals surface area contributed by atoms with E-state index in [0.717, 1.165) is 18.9 Å². The molecule has 1 atom stereocenters. The van der Waals surface area contributed by atoms with Gasteiger partial charge >= 0.3 is 0 Å². The first kappa shape index (κ1) is 20.2. The molecule has 0 radical (unpaired) electrons. The quantitative estimate of drug-likeness (QED) is 0.794. The van der Waals surface area contributed by atoms with Crippen LogP contribution in [-0.4, -0.2) is 60.7 Å². The molecule has 0 aromatic heterocycles. The average molecular weight is 385 g/mol. The summed E-state index contributed by atoms with van der Waals surface area (Å²) >= 11 is 0. The summed E-state index contributed by atoms with van der Waals surface area (Å²) in [5.74, 6) is 0.130. The molecular formula is C13H21ClN2O5S2. The lowest BCUT2D eigenvalue weighted by Gasteiger charge is -2.24.